The highest BCUT2D eigenvalue weighted by Gasteiger charge is 2.19. The third kappa shape index (κ3) is 2.76. The number of nitrogens with two attached hydrogens (primary N) is 1. The van der Waals surface area contributed by atoms with Crippen molar-refractivity contribution in [1.29, 1.82) is 0 Å². The number of nitrogens with zero attached hydrogens (tertiary/aromatic N) is 4. The lowest BCUT2D eigenvalue weighted by Crippen LogP contribution is -2.11. The van der Waals surface area contributed by atoms with Crippen LogP contribution in [0.4, 0.5) is 5.82 Å². The molecule has 0 aromatic carbocycles. The Hall–Kier alpha value is -2.44. The van der Waals surface area contributed by atoms with Gasteiger partial charge in [0.1, 0.15) is 17.5 Å². The standard InChI is InChI=1S/C13H17N5O2/c1-4-20-13(19)11-12(14)18(9(3)17-11)7-10-5-6-15-8(2)16-10/h5-6H,4,7,14H2,1-3H3. The van der Waals surface area contributed by atoms with Gasteiger partial charge in [0.15, 0.2) is 5.69 Å². The highest BCUT2D eigenvalue weighted by Crippen LogP contribution is 2.16. The molecule has 0 unspecified atom stereocenters. The molecule has 0 fully saturated rings. The number of esters is 1. The molecule has 0 saturated carbocycles. The van der Waals surface area contributed by atoms with Gasteiger partial charge in [-0.15, -0.1) is 0 Å². The Morgan fingerprint density at radius 1 is 1.40 bits per heavy atom. The molecule has 7 nitrogen and oxygen atoms in total. The summed E-state index contributed by atoms with van der Waals surface area (Å²) in [7, 11) is 0. The van der Waals surface area contributed by atoms with Crippen LogP contribution in [0, 0.1) is 13.8 Å². The van der Waals surface area contributed by atoms with E-state index in [1.165, 1.54) is 0 Å². The maximum atomic E-state index is 11.7. The molecule has 7 heteroatoms. The Balaban J connectivity index is 2.31. The molecule has 2 rings (SSSR count). The fourth-order valence-electron chi connectivity index (χ4n) is 1.89. The van der Waals surface area contributed by atoms with Crippen LogP contribution in [-0.4, -0.2) is 32.1 Å². The van der Waals surface area contributed by atoms with Crippen molar-refractivity contribution in [2.45, 2.75) is 27.3 Å². The lowest BCUT2D eigenvalue weighted by Gasteiger charge is -2.07. The van der Waals surface area contributed by atoms with Gasteiger partial charge in [-0.05, 0) is 26.8 Å². The van der Waals surface area contributed by atoms with Crippen LogP contribution in [0.15, 0.2) is 12.3 Å². The van der Waals surface area contributed by atoms with E-state index in [2.05, 4.69) is 15.0 Å². The molecule has 0 aliphatic carbocycles. The van der Waals surface area contributed by atoms with E-state index < -0.39 is 5.97 Å². The minimum Gasteiger partial charge on any atom is -0.461 e. The van der Waals surface area contributed by atoms with Gasteiger partial charge in [0, 0.05) is 6.20 Å². The summed E-state index contributed by atoms with van der Waals surface area (Å²) < 4.78 is 6.66. The van der Waals surface area contributed by atoms with Gasteiger partial charge in [0.05, 0.1) is 18.8 Å². The number of ether oxygens (including phenoxy) is 1. The predicted molar refractivity (Wildman–Crippen MR) is 73.2 cm³/mol. The van der Waals surface area contributed by atoms with E-state index in [-0.39, 0.29) is 18.1 Å². The lowest BCUT2D eigenvalue weighted by molar-refractivity contribution is 0.0521. The fourth-order valence-corrected chi connectivity index (χ4v) is 1.89. The van der Waals surface area contributed by atoms with Crippen molar-refractivity contribution in [2.24, 2.45) is 0 Å². The molecule has 0 atom stereocenters. The molecule has 2 N–H and O–H groups in total. The fraction of sp³-hybridized carbons (Fsp3) is 0.385. The number of aryl methyl sites for hydroxylation is 2. The molecule has 0 aliphatic rings. The average molecular weight is 275 g/mol. The number of nitrogen functional groups attached to an aromatic ring is 1. The summed E-state index contributed by atoms with van der Waals surface area (Å²) in [6.07, 6.45) is 1.69. The maximum Gasteiger partial charge on any atom is 0.360 e. The van der Waals surface area contributed by atoms with Crippen molar-refractivity contribution in [3.8, 4) is 0 Å². The minimum atomic E-state index is -0.509. The minimum absolute atomic E-state index is 0.148. The third-order valence-electron chi connectivity index (χ3n) is 2.82. The van der Waals surface area contributed by atoms with Crippen LogP contribution < -0.4 is 5.73 Å². The summed E-state index contributed by atoms with van der Waals surface area (Å²) >= 11 is 0. The molecule has 0 radical (unpaired) electrons. The maximum absolute atomic E-state index is 11.7. The average Bonchev–Trinajstić information content (AvgIpc) is 2.67. The Kier molecular flexibility index (Phi) is 3.97. The molecule has 2 aromatic heterocycles. The molecule has 2 aromatic rings. The van der Waals surface area contributed by atoms with E-state index in [9.17, 15) is 4.79 Å². The van der Waals surface area contributed by atoms with Gasteiger partial charge in [-0.25, -0.2) is 19.7 Å². The number of rotatable bonds is 4. The molecule has 106 valence electrons. The zero-order chi connectivity index (χ0) is 14.7. The van der Waals surface area contributed by atoms with Gasteiger partial charge in [0.25, 0.3) is 0 Å². The zero-order valence-electron chi connectivity index (χ0n) is 11.8. The first-order valence-electron chi connectivity index (χ1n) is 6.31. The summed E-state index contributed by atoms with van der Waals surface area (Å²) in [6, 6.07) is 1.80. The second-order valence-electron chi connectivity index (χ2n) is 4.29. The van der Waals surface area contributed by atoms with Gasteiger partial charge in [-0.3, -0.25) is 0 Å². The zero-order valence-corrected chi connectivity index (χ0v) is 11.8. The van der Waals surface area contributed by atoms with E-state index in [4.69, 9.17) is 10.5 Å². The topological polar surface area (TPSA) is 95.9 Å². The van der Waals surface area contributed by atoms with E-state index in [0.29, 0.717) is 18.2 Å². The van der Waals surface area contributed by atoms with Crippen LogP contribution >= 0.6 is 0 Å². The second kappa shape index (κ2) is 5.68. The SMILES string of the molecule is CCOC(=O)c1nc(C)n(Cc2ccnc(C)n2)c1N. The largest absolute Gasteiger partial charge is 0.461 e. The Bertz CT molecular complexity index is 636. The van der Waals surface area contributed by atoms with Gasteiger partial charge in [-0.1, -0.05) is 0 Å². The first-order valence-corrected chi connectivity index (χ1v) is 6.31. The number of aromatic nitrogens is 4. The van der Waals surface area contributed by atoms with Crippen LogP contribution in [-0.2, 0) is 11.3 Å². The smallest absolute Gasteiger partial charge is 0.360 e. The summed E-state index contributed by atoms with van der Waals surface area (Å²) in [5.41, 5.74) is 6.93. The Labute approximate surface area is 116 Å². The molecule has 2 heterocycles. The first kappa shape index (κ1) is 14.0. The van der Waals surface area contributed by atoms with Crippen molar-refractivity contribution in [3.63, 3.8) is 0 Å². The molecule has 0 spiro atoms. The number of hydrogen-bond donors (Lipinski definition) is 1. The second-order valence-corrected chi connectivity index (χ2v) is 4.29. The lowest BCUT2D eigenvalue weighted by atomic mass is 10.3. The van der Waals surface area contributed by atoms with Crippen LogP contribution in [0.5, 0.6) is 0 Å². The predicted octanol–water partition coefficient (Wildman–Crippen LogP) is 1.10. The Morgan fingerprint density at radius 3 is 2.80 bits per heavy atom. The van der Waals surface area contributed by atoms with Gasteiger partial charge < -0.3 is 15.0 Å². The number of hydrogen-bond acceptors (Lipinski definition) is 6. The van der Waals surface area contributed by atoms with Crippen molar-refractivity contribution in [2.75, 3.05) is 12.3 Å². The van der Waals surface area contributed by atoms with Gasteiger partial charge in [-0.2, -0.15) is 0 Å². The highest BCUT2D eigenvalue weighted by atomic mass is 16.5. The van der Waals surface area contributed by atoms with Crippen molar-refractivity contribution < 1.29 is 9.53 Å². The molecule has 0 bridgehead atoms. The van der Waals surface area contributed by atoms with Crippen molar-refractivity contribution in [3.05, 3.63) is 35.3 Å². The normalized spacial score (nSPS) is 10.6. The van der Waals surface area contributed by atoms with Crippen molar-refractivity contribution in [1.82, 2.24) is 19.5 Å². The number of anilines is 1. The first-order chi connectivity index (χ1) is 9.52. The van der Waals surface area contributed by atoms with Crippen LogP contribution in [0.3, 0.4) is 0 Å². The summed E-state index contributed by atoms with van der Waals surface area (Å²) in [6.45, 7) is 6.06. The third-order valence-corrected chi connectivity index (χ3v) is 2.82. The molecule has 0 aliphatic heterocycles. The van der Waals surface area contributed by atoms with Crippen molar-refractivity contribution >= 4 is 11.8 Å². The Morgan fingerprint density at radius 2 is 2.15 bits per heavy atom. The van der Waals surface area contributed by atoms with Crippen LogP contribution in [0.2, 0.25) is 0 Å². The van der Waals surface area contributed by atoms with E-state index in [0.717, 1.165) is 5.69 Å². The van der Waals surface area contributed by atoms with E-state index >= 15 is 0 Å². The number of carbonyl (C=O) groups is 1. The monoisotopic (exact) mass is 275 g/mol. The molecular weight excluding hydrogens is 258 g/mol. The number of carbonyl (C=O) groups excluding carboxylic acids is 1. The molecule has 20 heavy (non-hydrogen) atoms. The number of imidazole rings is 1. The molecule has 0 amide bonds. The molecule has 0 saturated heterocycles. The summed E-state index contributed by atoms with van der Waals surface area (Å²) in [5, 5.41) is 0. The summed E-state index contributed by atoms with van der Waals surface area (Å²) in [4.78, 5) is 24.3. The quantitative estimate of drug-likeness (QED) is 0.839. The highest BCUT2D eigenvalue weighted by molar-refractivity contribution is 5.92. The summed E-state index contributed by atoms with van der Waals surface area (Å²) in [5.74, 6) is 1.11. The van der Waals surface area contributed by atoms with Gasteiger partial charge in [0.2, 0.25) is 0 Å². The molecular formula is C13H17N5O2. The van der Waals surface area contributed by atoms with E-state index in [1.54, 1.807) is 30.7 Å². The van der Waals surface area contributed by atoms with Crippen LogP contribution in [0.1, 0.15) is 34.8 Å². The van der Waals surface area contributed by atoms with E-state index in [1.807, 2.05) is 6.92 Å². The van der Waals surface area contributed by atoms with Gasteiger partial charge >= 0.3 is 5.97 Å². The van der Waals surface area contributed by atoms with Crippen LogP contribution in [0.25, 0.3) is 0 Å².